The van der Waals surface area contributed by atoms with Crippen molar-refractivity contribution in [1.82, 2.24) is 9.55 Å². The van der Waals surface area contributed by atoms with Gasteiger partial charge in [-0.3, -0.25) is 20.2 Å². The first-order valence-corrected chi connectivity index (χ1v) is 10.9. The van der Waals surface area contributed by atoms with Gasteiger partial charge in [0.25, 0.3) is 12.1 Å². The van der Waals surface area contributed by atoms with Crippen molar-refractivity contribution < 1.29 is 33.7 Å². The molecule has 2 aliphatic heterocycles. The van der Waals surface area contributed by atoms with Crippen LogP contribution in [0.15, 0.2) is 11.8 Å². The first-order valence-electron chi connectivity index (χ1n) is 10.9. The highest BCUT2D eigenvalue weighted by Crippen LogP contribution is 2.33. The average Bonchev–Trinajstić information content (AvgIpc) is 3.06. The summed E-state index contributed by atoms with van der Waals surface area (Å²) in [6, 6.07) is -2.36. The van der Waals surface area contributed by atoms with Crippen LogP contribution < -0.4 is 0 Å². The second-order valence-electron chi connectivity index (χ2n) is 9.44. The van der Waals surface area contributed by atoms with Gasteiger partial charge >= 0.3 is 5.82 Å². The zero-order valence-electron chi connectivity index (χ0n) is 20.1. The number of nitrogens with zero attached hydrogens (tertiary/aromatic N) is 5. The van der Waals surface area contributed by atoms with Crippen LogP contribution in [-0.4, -0.2) is 73.4 Å². The Kier molecular flexibility index (Phi) is 7.54. The molecule has 2 fully saturated rings. The number of rotatable bonds is 8. The van der Waals surface area contributed by atoms with Crippen molar-refractivity contribution in [2.45, 2.75) is 76.4 Å². The lowest BCUT2D eigenvalue weighted by Gasteiger charge is -2.39. The Labute approximate surface area is 200 Å². The highest BCUT2D eigenvalue weighted by atomic mass is 16.7. The van der Waals surface area contributed by atoms with Crippen molar-refractivity contribution >= 4 is 11.9 Å². The monoisotopic (exact) mass is 499 g/mol. The third kappa shape index (κ3) is 6.36. The molecule has 4 atom stereocenters. The predicted octanol–water partition coefficient (Wildman–Crippen LogP) is 2.09. The number of imidazole rings is 1. The van der Waals surface area contributed by atoms with E-state index in [-0.39, 0.29) is 37.7 Å². The molecule has 15 heteroatoms. The van der Waals surface area contributed by atoms with Crippen LogP contribution >= 0.6 is 0 Å². The van der Waals surface area contributed by atoms with Crippen LogP contribution in [0.25, 0.3) is 6.08 Å². The first-order chi connectivity index (χ1) is 16.2. The number of nitro groups is 3. The van der Waals surface area contributed by atoms with Crippen LogP contribution in [0.2, 0.25) is 0 Å². The van der Waals surface area contributed by atoms with E-state index in [0.29, 0.717) is 5.57 Å². The molecule has 0 aromatic carbocycles. The van der Waals surface area contributed by atoms with Gasteiger partial charge in [0.1, 0.15) is 31.6 Å². The van der Waals surface area contributed by atoms with Crippen LogP contribution in [0, 0.1) is 30.3 Å². The summed E-state index contributed by atoms with van der Waals surface area (Å²) >= 11 is 0. The van der Waals surface area contributed by atoms with Gasteiger partial charge in [-0.05, 0) is 32.6 Å². The summed E-state index contributed by atoms with van der Waals surface area (Å²) in [6.45, 7) is 6.18. The molecular weight excluding hydrogens is 470 g/mol. The third-order valence-electron chi connectivity index (χ3n) is 5.92. The lowest BCUT2D eigenvalue weighted by Crippen LogP contribution is -2.53. The van der Waals surface area contributed by atoms with Crippen LogP contribution in [0.5, 0.6) is 0 Å². The van der Waals surface area contributed by atoms with E-state index >= 15 is 0 Å². The molecule has 2 aliphatic rings. The molecular formula is C20H29N5O10. The second-order valence-corrected chi connectivity index (χ2v) is 9.44. The fourth-order valence-electron chi connectivity index (χ4n) is 4.11. The first kappa shape index (κ1) is 26.6. The molecule has 15 nitrogen and oxygen atoms in total. The van der Waals surface area contributed by atoms with E-state index in [9.17, 15) is 30.3 Å². The Morgan fingerprint density at radius 2 is 1.46 bits per heavy atom. The summed E-state index contributed by atoms with van der Waals surface area (Å²) < 4.78 is 23.8. The largest absolute Gasteiger partial charge is 0.358 e. The van der Waals surface area contributed by atoms with E-state index in [2.05, 4.69) is 4.98 Å². The summed E-state index contributed by atoms with van der Waals surface area (Å²) in [6.07, 6.45) is 0.786. The van der Waals surface area contributed by atoms with E-state index < -0.39 is 50.6 Å². The maximum atomic E-state index is 11.7. The Morgan fingerprint density at radius 1 is 1.00 bits per heavy atom. The third-order valence-corrected chi connectivity index (χ3v) is 5.92. The molecule has 0 aliphatic carbocycles. The van der Waals surface area contributed by atoms with Gasteiger partial charge in [0.2, 0.25) is 5.82 Å². The molecule has 1 aromatic rings. The molecule has 4 unspecified atom stereocenters. The second kappa shape index (κ2) is 9.93. The standard InChI is InChI=1S/C20H29N5O10/c1-19(2)32-10-13(23(26)27)15(34-19)6-12(8-17-21-9-18(22(17)5)25(30)31)7-16-14(24(28)29)11-33-20(3,4)35-16/h8-9,13-16H,6-7,10-11H2,1-5H3. The Balaban J connectivity index is 1.99. The smallest absolute Gasteiger partial charge is 0.342 e. The molecule has 0 saturated carbocycles. The quantitative estimate of drug-likeness (QED) is 0.377. The summed E-state index contributed by atoms with van der Waals surface area (Å²) in [7, 11) is 1.45. The van der Waals surface area contributed by atoms with Gasteiger partial charge in [-0.1, -0.05) is 5.57 Å². The Bertz CT molecular complexity index is 972. The van der Waals surface area contributed by atoms with Crippen LogP contribution in [0.4, 0.5) is 5.82 Å². The normalized spacial score (nSPS) is 27.7. The average molecular weight is 499 g/mol. The molecule has 3 heterocycles. The minimum absolute atomic E-state index is 0.00464. The van der Waals surface area contributed by atoms with E-state index in [0.717, 1.165) is 6.20 Å². The predicted molar refractivity (Wildman–Crippen MR) is 118 cm³/mol. The van der Waals surface area contributed by atoms with Crippen molar-refractivity contribution in [1.29, 1.82) is 0 Å². The van der Waals surface area contributed by atoms with Gasteiger partial charge in [-0.15, -0.1) is 0 Å². The van der Waals surface area contributed by atoms with Gasteiger partial charge in [-0.2, -0.15) is 0 Å². The van der Waals surface area contributed by atoms with Crippen molar-refractivity contribution in [3.8, 4) is 0 Å². The SMILES string of the molecule is Cn1c([N+](=O)[O-])cnc1C=C(CC1OC(C)(C)OCC1[N+](=O)[O-])CC1OC(C)(C)OCC1[N+](=O)[O-]. The minimum atomic E-state index is -1.18. The summed E-state index contributed by atoms with van der Waals surface area (Å²) in [4.78, 5) is 37.1. The molecule has 0 N–H and O–H groups in total. The Morgan fingerprint density at radius 3 is 1.83 bits per heavy atom. The molecule has 3 rings (SSSR count). The minimum Gasteiger partial charge on any atom is -0.358 e. The molecule has 0 amide bonds. The molecule has 35 heavy (non-hydrogen) atoms. The zero-order chi connectivity index (χ0) is 26.1. The van der Waals surface area contributed by atoms with E-state index in [1.54, 1.807) is 27.7 Å². The van der Waals surface area contributed by atoms with Crippen LogP contribution in [0.1, 0.15) is 46.4 Å². The van der Waals surface area contributed by atoms with Gasteiger partial charge in [0, 0.05) is 28.8 Å². The summed E-state index contributed by atoms with van der Waals surface area (Å²) in [5.41, 5.74) is 0.484. The summed E-state index contributed by atoms with van der Waals surface area (Å²) in [5, 5.41) is 34.6. The van der Waals surface area contributed by atoms with Crippen LogP contribution in [-0.2, 0) is 26.0 Å². The molecule has 0 radical (unpaired) electrons. The maximum Gasteiger partial charge on any atom is 0.342 e. The highest BCUT2D eigenvalue weighted by molar-refractivity contribution is 5.48. The topological polar surface area (TPSA) is 184 Å². The highest BCUT2D eigenvalue weighted by Gasteiger charge is 2.46. The van der Waals surface area contributed by atoms with Gasteiger partial charge < -0.3 is 29.1 Å². The fraction of sp³-hybridized carbons (Fsp3) is 0.750. The van der Waals surface area contributed by atoms with E-state index in [1.807, 2.05) is 0 Å². The van der Waals surface area contributed by atoms with Crippen LogP contribution in [0.3, 0.4) is 0 Å². The number of hydrogen-bond acceptors (Lipinski definition) is 11. The Hall–Kier alpha value is -3.01. The van der Waals surface area contributed by atoms with E-state index in [4.69, 9.17) is 18.9 Å². The van der Waals surface area contributed by atoms with Gasteiger partial charge in [0.05, 0.1) is 7.05 Å². The van der Waals surface area contributed by atoms with Gasteiger partial charge in [0.15, 0.2) is 11.6 Å². The number of hydrogen-bond donors (Lipinski definition) is 0. The number of ether oxygens (including phenoxy) is 4. The maximum absolute atomic E-state index is 11.7. The van der Waals surface area contributed by atoms with Crippen molar-refractivity contribution in [2.24, 2.45) is 7.05 Å². The summed E-state index contributed by atoms with van der Waals surface area (Å²) in [5.74, 6) is -2.20. The van der Waals surface area contributed by atoms with E-state index in [1.165, 1.54) is 17.7 Å². The van der Waals surface area contributed by atoms with Crippen molar-refractivity contribution in [3.63, 3.8) is 0 Å². The fourth-order valence-corrected chi connectivity index (χ4v) is 4.11. The lowest BCUT2D eigenvalue weighted by atomic mass is 9.93. The molecule has 2 saturated heterocycles. The molecule has 1 aromatic heterocycles. The molecule has 0 spiro atoms. The zero-order valence-corrected chi connectivity index (χ0v) is 20.1. The molecule has 194 valence electrons. The van der Waals surface area contributed by atoms with Crippen molar-refractivity contribution in [3.05, 3.63) is 47.9 Å². The van der Waals surface area contributed by atoms with Crippen molar-refractivity contribution in [2.75, 3.05) is 13.2 Å². The van der Waals surface area contributed by atoms with Gasteiger partial charge in [-0.25, -0.2) is 9.55 Å². The lowest BCUT2D eigenvalue weighted by molar-refractivity contribution is -0.560. The molecule has 0 bridgehead atoms. The number of aromatic nitrogens is 2.